The van der Waals surface area contributed by atoms with Gasteiger partial charge in [0.2, 0.25) is 0 Å². The zero-order chi connectivity index (χ0) is 10.4. The van der Waals surface area contributed by atoms with E-state index < -0.39 is 10.4 Å². The second kappa shape index (κ2) is 7.28. The van der Waals surface area contributed by atoms with Crippen molar-refractivity contribution in [2.45, 2.75) is 0 Å². The molecule has 0 heterocycles. The minimum atomic E-state index is -4.67. The molecular formula is C6H16ClNO4S. The normalized spacial score (nSPS) is 10.5. The van der Waals surface area contributed by atoms with Crippen molar-refractivity contribution in [2.75, 3.05) is 27.7 Å². The molecule has 0 spiro atoms. The highest BCUT2D eigenvalue weighted by molar-refractivity contribution is 7.79. The van der Waals surface area contributed by atoms with Gasteiger partial charge in [-0.1, -0.05) is 6.58 Å². The average Bonchev–Trinajstić information content (AvgIpc) is 1.54. The predicted octanol–water partition coefficient (Wildman–Crippen LogP) is -2.77. The van der Waals surface area contributed by atoms with E-state index in [1.807, 2.05) is 6.08 Å². The van der Waals surface area contributed by atoms with Crippen molar-refractivity contribution in [1.82, 2.24) is 0 Å². The number of hydrogen-bond acceptors (Lipinski definition) is 2. The highest BCUT2D eigenvalue weighted by atomic mass is 35.5. The van der Waals surface area contributed by atoms with Crippen molar-refractivity contribution < 1.29 is 34.4 Å². The highest BCUT2D eigenvalue weighted by Gasteiger charge is 1.99. The SMILES string of the molecule is C=CC[N+](C)(C)C.O=S(=O)(O)O.[Cl-]. The van der Waals surface area contributed by atoms with Gasteiger partial charge in [-0.2, -0.15) is 8.42 Å². The number of rotatable bonds is 2. The molecule has 0 saturated heterocycles. The number of likely N-dealkylation sites (N-methyl/N-ethyl adjacent to an activating group) is 1. The zero-order valence-electron chi connectivity index (χ0n) is 7.94. The van der Waals surface area contributed by atoms with E-state index in [0.29, 0.717) is 0 Å². The first-order valence-electron chi connectivity index (χ1n) is 3.17. The Morgan fingerprint density at radius 1 is 1.31 bits per heavy atom. The van der Waals surface area contributed by atoms with Crippen LogP contribution in [-0.4, -0.2) is 49.7 Å². The summed E-state index contributed by atoms with van der Waals surface area (Å²) >= 11 is 0. The molecule has 0 rings (SSSR count). The van der Waals surface area contributed by atoms with E-state index in [-0.39, 0.29) is 12.4 Å². The van der Waals surface area contributed by atoms with Crippen LogP contribution in [0.15, 0.2) is 12.7 Å². The Morgan fingerprint density at radius 2 is 1.54 bits per heavy atom. The van der Waals surface area contributed by atoms with E-state index >= 15 is 0 Å². The van der Waals surface area contributed by atoms with Crippen molar-refractivity contribution >= 4 is 10.4 Å². The maximum atomic E-state index is 8.74. The first kappa shape index (κ1) is 18.6. The molecule has 5 nitrogen and oxygen atoms in total. The molecule has 0 amide bonds. The summed E-state index contributed by atoms with van der Waals surface area (Å²) in [5.41, 5.74) is 0. The molecule has 0 fully saturated rings. The van der Waals surface area contributed by atoms with E-state index in [2.05, 4.69) is 27.7 Å². The Bertz CT molecular complexity index is 211. The fourth-order valence-corrected chi connectivity index (χ4v) is 0.387. The van der Waals surface area contributed by atoms with Crippen molar-refractivity contribution in [3.8, 4) is 0 Å². The summed E-state index contributed by atoms with van der Waals surface area (Å²) in [5, 5.41) is 0. The number of nitrogens with zero attached hydrogens (tertiary/aromatic N) is 1. The molecule has 82 valence electrons. The Kier molecular flexibility index (Phi) is 10.4. The predicted molar refractivity (Wildman–Crippen MR) is 47.3 cm³/mol. The van der Waals surface area contributed by atoms with Gasteiger partial charge in [-0.15, -0.1) is 0 Å². The summed E-state index contributed by atoms with van der Waals surface area (Å²) in [6.45, 7) is 4.67. The lowest BCUT2D eigenvalue weighted by Gasteiger charge is -2.21. The van der Waals surface area contributed by atoms with Gasteiger partial charge < -0.3 is 16.9 Å². The van der Waals surface area contributed by atoms with E-state index in [1.165, 1.54) is 0 Å². The summed E-state index contributed by atoms with van der Waals surface area (Å²) < 4.78 is 32.6. The fraction of sp³-hybridized carbons (Fsp3) is 0.667. The smallest absolute Gasteiger partial charge is 0.394 e. The summed E-state index contributed by atoms with van der Waals surface area (Å²) in [4.78, 5) is 0. The van der Waals surface area contributed by atoms with Crippen LogP contribution < -0.4 is 12.4 Å². The second-order valence-corrected chi connectivity index (χ2v) is 4.11. The van der Waals surface area contributed by atoms with Gasteiger partial charge in [0.05, 0.1) is 27.7 Å². The Balaban J connectivity index is -0.000000150. The van der Waals surface area contributed by atoms with Crippen molar-refractivity contribution in [2.24, 2.45) is 0 Å². The molecule has 0 aliphatic carbocycles. The van der Waals surface area contributed by atoms with E-state index in [0.717, 1.165) is 11.0 Å². The van der Waals surface area contributed by atoms with Gasteiger partial charge in [-0.3, -0.25) is 9.11 Å². The molecule has 0 aliphatic heterocycles. The van der Waals surface area contributed by atoms with Crippen LogP contribution in [-0.2, 0) is 10.4 Å². The molecule has 7 heteroatoms. The van der Waals surface area contributed by atoms with Crippen LogP contribution in [0.4, 0.5) is 0 Å². The fourth-order valence-electron chi connectivity index (χ4n) is 0.387. The van der Waals surface area contributed by atoms with Crippen LogP contribution in [0.25, 0.3) is 0 Å². The zero-order valence-corrected chi connectivity index (χ0v) is 9.51. The minimum absolute atomic E-state index is 0. The van der Waals surface area contributed by atoms with Crippen LogP contribution in [0, 0.1) is 0 Å². The van der Waals surface area contributed by atoms with Gasteiger partial charge in [-0.25, -0.2) is 0 Å². The monoisotopic (exact) mass is 233 g/mol. The minimum Gasteiger partial charge on any atom is -1.00 e. The molecule has 0 aliphatic rings. The van der Waals surface area contributed by atoms with E-state index in [9.17, 15) is 0 Å². The topological polar surface area (TPSA) is 74.6 Å². The van der Waals surface area contributed by atoms with Gasteiger partial charge in [0, 0.05) is 0 Å². The summed E-state index contributed by atoms with van der Waals surface area (Å²) in [7, 11) is 1.76. The third kappa shape index (κ3) is 77.4. The standard InChI is InChI=1S/C6H14N.ClH.H2O4S/c1-5-6-7(2,3)4;;1-5(2,3)4/h5H,1,6H2,2-4H3;1H;(H2,1,2,3,4)/q+1;;/p-1. The third-order valence-corrected chi connectivity index (χ3v) is 0.677. The van der Waals surface area contributed by atoms with Crippen molar-refractivity contribution in [3.05, 3.63) is 12.7 Å². The third-order valence-electron chi connectivity index (χ3n) is 0.677. The molecule has 0 radical (unpaired) electrons. The Hall–Kier alpha value is -0.140. The van der Waals surface area contributed by atoms with E-state index in [4.69, 9.17) is 17.5 Å². The van der Waals surface area contributed by atoms with Gasteiger partial charge in [0.15, 0.2) is 0 Å². The van der Waals surface area contributed by atoms with Crippen LogP contribution in [0.3, 0.4) is 0 Å². The Labute approximate surface area is 85.6 Å². The summed E-state index contributed by atoms with van der Waals surface area (Å²) in [6.07, 6.45) is 1.93. The number of halogens is 1. The first-order valence-corrected chi connectivity index (χ1v) is 4.57. The lowest BCUT2D eigenvalue weighted by molar-refractivity contribution is -0.864. The maximum Gasteiger partial charge on any atom is 0.394 e. The Morgan fingerprint density at radius 3 is 1.54 bits per heavy atom. The van der Waals surface area contributed by atoms with Gasteiger partial charge >= 0.3 is 10.4 Å². The molecule has 2 N–H and O–H groups in total. The summed E-state index contributed by atoms with van der Waals surface area (Å²) in [6, 6.07) is 0. The van der Waals surface area contributed by atoms with E-state index in [1.54, 1.807) is 0 Å². The van der Waals surface area contributed by atoms with Crippen LogP contribution >= 0.6 is 0 Å². The molecule has 0 bridgehead atoms. The molecule has 0 unspecified atom stereocenters. The molecule has 0 saturated carbocycles. The lowest BCUT2D eigenvalue weighted by atomic mass is 10.5. The van der Waals surface area contributed by atoms with Gasteiger partial charge in [0.1, 0.15) is 0 Å². The second-order valence-electron chi connectivity index (χ2n) is 3.21. The van der Waals surface area contributed by atoms with Gasteiger partial charge in [-0.05, 0) is 6.08 Å². The summed E-state index contributed by atoms with van der Waals surface area (Å²) in [5.74, 6) is 0. The molecule has 0 atom stereocenters. The number of quaternary nitrogens is 1. The maximum absolute atomic E-state index is 8.74. The molecule has 0 aromatic carbocycles. The van der Waals surface area contributed by atoms with Crippen molar-refractivity contribution in [1.29, 1.82) is 0 Å². The lowest BCUT2D eigenvalue weighted by Crippen LogP contribution is -3.00. The molecule has 13 heavy (non-hydrogen) atoms. The van der Waals surface area contributed by atoms with Crippen LogP contribution in [0.2, 0.25) is 0 Å². The quantitative estimate of drug-likeness (QED) is 0.308. The average molecular weight is 234 g/mol. The molecule has 0 aromatic heterocycles. The van der Waals surface area contributed by atoms with Crippen molar-refractivity contribution in [3.63, 3.8) is 0 Å². The highest BCUT2D eigenvalue weighted by Crippen LogP contribution is 1.86. The van der Waals surface area contributed by atoms with Crippen LogP contribution in [0.1, 0.15) is 0 Å². The number of hydrogen-bond donors (Lipinski definition) is 2. The largest absolute Gasteiger partial charge is 1.00 e. The molecule has 0 aromatic rings. The first-order chi connectivity index (χ1) is 5.06. The van der Waals surface area contributed by atoms with Crippen LogP contribution in [0.5, 0.6) is 0 Å². The van der Waals surface area contributed by atoms with Gasteiger partial charge in [0.25, 0.3) is 0 Å². The molecular weight excluding hydrogens is 218 g/mol.